The molecule has 1 unspecified atom stereocenters. The molecule has 5 heteroatoms. The van der Waals surface area contributed by atoms with E-state index >= 15 is 0 Å². The van der Waals surface area contributed by atoms with Gasteiger partial charge >= 0.3 is 5.97 Å². The zero-order valence-electron chi connectivity index (χ0n) is 10.0. The predicted octanol–water partition coefficient (Wildman–Crippen LogP) is 0.952. The molecular weight excluding hydrogens is 222 g/mol. The highest BCUT2D eigenvalue weighted by Crippen LogP contribution is 2.09. The summed E-state index contributed by atoms with van der Waals surface area (Å²) in [5.41, 5.74) is -1.04. The third-order valence-corrected chi connectivity index (χ3v) is 2.37. The number of rotatable bonds is 4. The number of hydrogen-bond acceptors (Lipinski definition) is 4. The molecule has 1 aromatic carbocycles. The highest BCUT2D eigenvalue weighted by atomic mass is 16.6. The Hall–Kier alpha value is -1.88. The van der Waals surface area contributed by atoms with E-state index in [2.05, 4.69) is 10.1 Å². The maximum absolute atomic E-state index is 11.8. The van der Waals surface area contributed by atoms with Gasteiger partial charge in [-0.15, -0.1) is 0 Å². The number of ether oxygens (including phenoxy) is 2. The number of methoxy groups -OCH3 is 2. The molecule has 0 aliphatic rings. The molecule has 0 heterocycles. The summed E-state index contributed by atoms with van der Waals surface area (Å²) >= 11 is 0. The van der Waals surface area contributed by atoms with Gasteiger partial charge in [-0.05, 0) is 19.1 Å². The van der Waals surface area contributed by atoms with Crippen LogP contribution in [0.3, 0.4) is 0 Å². The van der Waals surface area contributed by atoms with Crippen molar-refractivity contribution in [3.63, 3.8) is 0 Å². The summed E-state index contributed by atoms with van der Waals surface area (Å²) in [7, 11) is 2.55. The standard InChI is InChI=1S/C12H15NO4/c1-12(17-3,11(15)16-2)13-10(14)9-7-5-4-6-8-9/h4-8H,1-3H3,(H,13,14). The van der Waals surface area contributed by atoms with Crippen LogP contribution in [0.5, 0.6) is 0 Å². The fourth-order valence-corrected chi connectivity index (χ4v) is 1.26. The van der Waals surface area contributed by atoms with E-state index in [-0.39, 0.29) is 0 Å². The average Bonchev–Trinajstić information content (AvgIpc) is 2.38. The van der Waals surface area contributed by atoms with Crippen molar-refractivity contribution in [2.45, 2.75) is 12.6 Å². The lowest BCUT2D eigenvalue weighted by Gasteiger charge is -2.25. The van der Waals surface area contributed by atoms with Crippen molar-refractivity contribution in [2.24, 2.45) is 0 Å². The largest absolute Gasteiger partial charge is 0.465 e. The number of nitrogens with one attached hydrogen (secondary N) is 1. The summed E-state index contributed by atoms with van der Waals surface area (Å²) in [5, 5.41) is 2.47. The van der Waals surface area contributed by atoms with Crippen molar-refractivity contribution in [2.75, 3.05) is 14.2 Å². The van der Waals surface area contributed by atoms with E-state index in [9.17, 15) is 9.59 Å². The predicted molar refractivity (Wildman–Crippen MR) is 61.3 cm³/mol. The van der Waals surface area contributed by atoms with Gasteiger partial charge in [0, 0.05) is 12.7 Å². The Morgan fingerprint density at radius 3 is 2.24 bits per heavy atom. The van der Waals surface area contributed by atoms with E-state index in [1.807, 2.05) is 0 Å². The van der Waals surface area contributed by atoms with Crippen molar-refractivity contribution in [1.82, 2.24) is 5.32 Å². The van der Waals surface area contributed by atoms with Crippen LogP contribution in [0.15, 0.2) is 30.3 Å². The number of esters is 1. The molecule has 0 saturated carbocycles. The van der Waals surface area contributed by atoms with Crippen LogP contribution in [0.2, 0.25) is 0 Å². The van der Waals surface area contributed by atoms with Crippen molar-refractivity contribution in [1.29, 1.82) is 0 Å². The molecule has 0 bridgehead atoms. The summed E-state index contributed by atoms with van der Waals surface area (Å²) < 4.78 is 9.54. The summed E-state index contributed by atoms with van der Waals surface area (Å²) in [4.78, 5) is 23.3. The zero-order valence-corrected chi connectivity index (χ0v) is 10.0. The first-order chi connectivity index (χ1) is 8.03. The molecular formula is C12H15NO4. The quantitative estimate of drug-likeness (QED) is 0.625. The second-order valence-electron chi connectivity index (χ2n) is 3.55. The van der Waals surface area contributed by atoms with Gasteiger partial charge in [-0.2, -0.15) is 0 Å². The highest BCUT2D eigenvalue weighted by Gasteiger charge is 2.36. The molecule has 92 valence electrons. The van der Waals surface area contributed by atoms with Gasteiger partial charge < -0.3 is 14.8 Å². The molecule has 1 aromatic rings. The lowest BCUT2D eigenvalue weighted by atomic mass is 10.2. The number of carbonyl (C=O) groups is 2. The highest BCUT2D eigenvalue weighted by molar-refractivity contribution is 5.97. The maximum atomic E-state index is 11.8. The first-order valence-corrected chi connectivity index (χ1v) is 5.04. The molecule has 0 aliphatic carbocycles. The molecule has 1 N–H and O–H groups in total. The number of amides is 1. The Labute approximate surface area is 99.7 Å². The lowest BCUT2D eigenvalue weighted by Crippen LogP contribution is -2.54. The zero-order chi connectivity index (χ0) is 12.9. The van der Waals surface area contributed by atoms with E-state index in [0.717, 1.165) is 0 Å². The van der Waals surface area contributed by atoms with Gasteiger partial charge in [0.1, 0.15) is 0 Å². The topological polar surface area (TPSA) is 64.6 Å². The Bertz CT molecular complexity index is 404. The van der Waals surface area contributed by atoms with Crippen LogP contribution in [0.4, 0.5) is 0 Å². The smallest absolute Gasteiger partial charge is 0.359 e. The molecule has 1 rings (SSSR count). The molecule has 5 nitrogen and oxygen atoms in total. The van der Waals surface area contributed by atoms with Crippen molar-refractivity contribution in [3.8, 4) is 0 Å². The summed E-state index contributed by atoms with van der Waals surface area (Å²) in [6.07, 6.45) is 0. The van der Waals surface area contributed by atoms with E-state index in [1.54, 1.807) is 30.3 Å². The average molecular weight is 237 g/mol. The Kier molecular flexibility index (Phi) is 4.23. The molecule has 0 fully saturated rings. The van der Waals surface area contributed by atoms with E-state index < -0.39 is 17.6 Å². The Morgan fingerprint density at radius 1 is 1.18 bits per heavy atom. The second-order valence-corrected chi connectivity index (χ2v) is 3.55. The van der Waals surface area contributed by atoms with Gasteiger partial charge in [0.25, 0.3) is 5.91 Å². The monoisotopic (exact) mass is 237 g/mol. The van der Waals surface area contributed by atoms with E-state index in [0.29, 0.717) is 5.56 Å². The Balaban J connectivity index is 2.83. The van der Waals surface area contributed by atoms with Crippen molar-refractivity contribution < 1.29 is 19.1 Å². The van der Waals surface area contributed by atoms with Gasteiger partial charge in [0.15, 0.2) is 0 Å². The van der Waals surface area contributed by atoms with Gasteiger partial charge in [0.2, 0.25) is 5.72 Å². The Morgan fingerprint density at radius 2 is 1.76 bits per heavy atom. The number of benzene rings is 1. The van der Waals surface area contributed by atoms with Crippen LogP contribution >= 0.6 is 0 Å². The molecule has 0 saturated heterocycles. The maximum Gasteiger partial charge on any atom is 0.359 e. The fraction of sp³-hybridized carbons (Fsp3) is 0.333. The van der Waals surface area contributed by atoms with Crippen molar-refractivity contribution >= 4 is 11.9 Å². The third-order valence-electron chi connectivity index (χ3n) is 2.37. The van der Waals surface area contributed by atoms with Crippen LogP contribution in [-0.2, 0) is 14.3 Å². The molecule has 0 radical (unpaired) electrons. The SMILES string of the molecule is COC(=O)C(C)(NC(=O)c1ccccc1)OC. The lowest BCUT2D eigenvalue weighted by molar-refractivity contribution is -0.166. The minimum Gasteiger partial charge on any atom is -0.465 e. The third kappa shape index (κ3) is 3.04. The molecule has 17 heavy (non-hydrogen) atoms. The minimum atomic E-state index is -1.48. The van der Waals surface area contributed by atoms with Gasteiger partial charge in [-0.25, -0.2) is 4.79 Å². The molecule has 1 atom stereocenters. The molecule has 0 aliphatic heterocycles. The van der Waals surface area contributed by atoms with Crippen LogP contribution in [0, 0.1) is 0 Å². The van der Waals surface area contributed by atoms with E-state index in [1.165, 1.54) is 21.1 Å². The van der Waals surface area contributed by atoms with Crippen LogP contribution in [0.25, 0.3) is 0 Å². The van der Waals surface area contributed by atoms with Crippen LogP contribution in [0.1, 0.15) is 17.3 Å². The first-order valence-electron chi connectivity index (χ1n) is 5.04. The van der Waals surface area contributed by atoms with Crippen LogP contribution in [-0.4, -0.2) is 31.8 Å². The van der Waals surface area contributed by atoms with Crippen molar-refractivity contribution in [3.05, 3.63) is 35.9 Å². The molecule has 1 amide bonds. The summed E-state index contributed by atoms with van der Waals surface area (Å²) in [6, 6.07) is 8.55. The summed E-state index contributed by atoms with van der Waals surface area (Å²) in [6.45, 7) is 1.43. The normalized spacial score (nSPS) is 13.6. The minimum absolute atomic E-state index is 0.402. The molecule has 0 spiro atoms. The van der Waals surface area contributed by atoms with Crippen LogP contribution < -0.4 is 5.32 Å². The van der Waals surface area contributed by atoms with Gasteiger partial charge in [0.05, 0.1) is 7.11 Å². The van der Waals surface area contributed by atoms with Gasteiger partial charge in [-0.3, -0.25) is 4.79 Å². The van der Waals surface area contributed by atoms with E-state index in [4.69, 9.17) is 4.74 Å². The van der Waals surface area contributed by atoms with Gasteiger partial charge in [-0.1, -0.05) is 18.2 Å². The first kappa shape index (κ1) is 13.2. The molecule has 0 aromatic heterocycles. The fourth-order valence-electron chi connectivity index (χ4n) is 1.26. The summed E-state index contributed by atoms with van der Waals surface area (Å²) in [5.74, 6) is -1.07. The second kappa shape index (κ2) is 5.45. The number of hydrogen-bond donors (Lipinski definition) is 1. The number of carbonyl (C=O) groups excluding carboxylic acids is 2.